The number of likely N-dealkylation sites (tertiary alicyclic amines) is 1. The second kappa shape index (κ2) is 7.01. The van der Waals surface area contributed by atoms with Crippen molar-refractivity contribution in [2.24, 2.45) is 0 Å². The molecule has 7 nitrogen and oxygen atoms in total. The lowest BCUT2D eigenvalue weighted by molar-refractivity contribution is 0.0758. The maximum Gasteiger partial charge on any atom is 0.276 e. The van der Waals surface area contributed by atoms with Gasteiger partial charge in [0.1, 0.15) is 18.2 Å². The Labute approximate surface area is 150 Å². The number of ether oxygens (including phenoxy) is 1. The van der Waals surface area contributed by atoms with E-state index in [1.807, 2.05) is 6.92 Å². The zero-order valence-electron chi connectivity index (χ0n) is 14.7. The molecule has 0 N–H and O–H groups in total. The molecule has 26 heavy (non-hydrogen) atoms. The smallest absolute Gasteiger partial charge is 0.276 e. The first-order valence-corrected chi connectivity index (χ1v) is 9.10. The molecule has 1 aliphatic carbocycles. The van der Waals surface area contributed by atoms with Crippen molar-refractivity contribution in [3.63, 3.8) is 0 Å². The van der Waals surface area contributed by atoms with Gasteiger partial charge in [0.25, 0.3) is 11.8 Å². The Bertz CT molecular complexity index is 823. The number of carbonyl (C=O) groups excluding carboxylic acids is 1. The van der Waals surface area contributed by atoms with Crippen LogP contribution >= 0.6 is 0 Å². The van der Waals surface area contributed by atoms with Crippen LogP contribution in [-0.4, -0.2) is 45.1 Å². The molecule has 0 radical (unpaired) electrons. The summed E-state index contributed by atoms with van der Waals surface area (Å²) in [4.78, 5) is 22.3. The van der Waals surface area contributed by atoms with E-state index in [2.05, 4.69) is 15.1 Å². The molecule has 1 saturated heterocycles. The Morgan fingerprint density at radius 3 is 3.08 bits per heavy atom. The first kappa shape index (κ1) is 16.9. The lowest BCUT2D eigenvalue weighted by atomic mass is 9.96. The van der Waals surface area contributed by atoms with E-state index in [0.717, 1.165) is 37.0 Å². The third kappa shape index (κ3) is 3.04. The minimum atomic E-state index is -0.523. The molecule has 0 aromatic carbocycles. The number of halogens is 1. The Hall–Kier alpha value is -2.51. The van der Waals surface area contributed by atoms with Crippen LogP contribution in [0.5, 0.6) is 5.88 Å². The van der Waals surface area contributed by atoms with Gasteiger partial charge in [0.2, 0.25) is 5.82 Å². The van der Waals surface area contributed by atoms with Gasteiger partial charge in [-0.3, -0.25) is 4.79 Å². The highest BCUT2D eigenvalue weighted by molar-refractivity contribution is 5.94. The van der Waals surface area contributed by atoms with E-state index < -0.39 is 5.82 Å². The van der Waals surface area contributed by atoms with Gasteiger partial charge < -0.3 is 14.2 Å². The van der Waals surface area contributed by atoms with Crippen LogP contribution in [0.25, 0.3) is 0 Å². The van der Waals surface area contributed by atoms with Crippen molar-refractivity contribution in [2.75, 3.05) is 13.1 Å². The van der Waals surface area contributed by atoms with Gasteiger partial charge in [0, 0.05) is 24.9 Å². The normalized spacial score (nSPS) is 19.5. The summed E-state index contributed by atoms with van der Waals surface area (Å²) in [6.45, 7) is 2.74. The molecular weight excluding hydrogens is 339 g/mol. The molecular formula is C18H21FN4O3. The number of hydrogen-bond acceptors (Lipinski definition) is 6. The van der Waals surface area contributed by atoms with Crippen molar-refractivity contribution < 1.29 is 18.4 Å². The largest absolute Gasteiger partial charge is 0.470 e. The quantitative estimate of drug-likeness (QED) is 0.832. The van der Waals surface area contributed by atoms with Gasteiger partial charge in [-0.2, -0.15) is 9.37 Å². The van der Waals surface area contributed by atoms with Gasteiger partial charge in [0.05, 0.1) is 12.2 Å². The fourth-order valence-corrected chi connectivity index (χ4v) is 3.59. The second-order valence-electron chi connectivity index (χ2n) is 6.71. The maximum absolute atomic E-state index is 14.2. The molecule has 8 heteroatoms. The Morgan fingerprint density at radius 1 is 1.38 bits per heavy atom. The number of aryl methyl sites for hydroxylation is 2. The summed E-state index contributed by atoms with van der Waals surface area (Å²) < 4.78 is 25.3. The number of fused-ring (bicyclic) bond motifs is 1. The molecule has 1 aliphatic heterocycles. The highest BCUT2D eigenvalue weighted by Gasteiger charge is 2.33. The lowest BCUT2D eigenvalue weighted by Gasteiger charge is -2.17. The second-order valence-corrected chi connectivity index (χ2v) is 6.71. The molecule has 2 aromatic rings. The van der Waals surface area contributed by atoms with E-state index >= 15 is 0 Å². The van der Waals surface area contributed by atoms with Crippen molar-refractivity contribution in [3.8, 4) is 5.88 Å². The summed E-state index contributed by atoms with van der Waals surface area (Å²) in [6.07, 6.45) is 5.89. The lowest BCUT2D eigenvalue weighted by Crippen LogP contribution is -2.32. The van der Waals surface area contributed by atoms with Crippen molar-refractivity contribution in [1.29, 1.82) is 0 Å². The van der Waals surface area contributed by atoms with E-state index in [1.165, 1.54) is 6.33 Å². The molecule has 2 aromatic heterocycles. The van der Waals surface area contributed by atoms with Crippen LogP contribution in [0.3, 0.4) is 0 Å². The molecule has 0 bridgehead atoms. The molecule has 3 heterocycles. The number of rotatable bonds is 4. The van der Waals surface area contributed by atoms with Crippen LogP contribution < -0.4 is 4.74 Å². The molecule has 0 spiro atoms. The maximum atomic E-state index is 14.2. The minimum Gasteiger partial charge on any atom is -0.470 e. The summed E-state index contributed by atoms with van der Waals surface area (Å²) in [5.41, 5.74) is 1.69. The summed E-state index contributed by atoms with van der Waals surface area (Å²) in [6, 6.07) is 0. The minimum absolute atomic E-state index is 0.0463. The average molecular weight is 360 g/mol. The van der Waals surface area contributed by atoms with Gasteiger partial charge in [-0.15, -0.1) is 0 Å². The van der Waals surface area contributed by atoms with Gasteiger partial charge >= 0.3 is 0 Å². The van der Waals surface area contributed by atoms with Gasteiger partial charge in [-0.25, -0.2) is 4.98 Å². The Balaban J connectivity index is 1.44. The zero-order valence-corrected chi connectivity index (χ0v) is 14.7. The molecule has 0 saturated carbocycles. The SMILES string of the molecule is CCc1ncnc(OC2CCN(C(=O)c3noc4c3CCCC4)C2)c1F. The van der Waals surface area contributed by atoms with E-state index in [1.54, 1.807) is 4.90 Å². The van der Waals surface area contributed by atoms with Crippen molar-refractivity contribution in [3.05, 3.63) is 34.9 Å². The zero-order chi connectivity index (χ0) is 18.1. The van der Waals surface area contributed by atoms with Crippen molar-refractivity contribution >= 4 is 5.91 Å². The van der Waals surface area contributed by atoms with Crippen LogP contribution in [0.2, 0.25) is 0 Å². The first-order valence-electron chi connectivity index (χ1n) is 9.10. The van der Waals surface area contributed by atoms with E-state index in [-0.39, 0.29) is 17.9 Å². The van der Waals surface area contributed by atoms with Crippen molar-refractivity contribution in [2.45, 2.75) is 51.6 Å². The Kier molecular flexibility index (Phi) is 4.57. The van der Waals surface area contributed by atoms with Gasteiger partial charge in [-0.05, 0) is 25.7 Å². The fraction of sp³-hybridized carbons (Fsp3) is 0.556. The van der Waals surface area contributed by atoms with E-state index in [9.17, 15) is 9.18 Å². The highest BCUT2D eigenvalue weighted by Crippen LogP contribution is 2.27. The van der Waals surface area contributed by atoms with E-state index in [4.69, 9.17) is 9.26 Å². The summed E-state index contributed by atoms with van der Waals surface area (Å²) in [5, 5.41) is 4.00. The molecule has 1 unspecified atom stereocenters. The predicted molar refractivity (Wildman–Crippen MR) is 89.4 cm³/mol. The topological polar surface area (TPSA) is 81.4 Å². The van der Waals surface area contributed by atoms with E-state index in [0.29, 0.717) is 37.3 Å². The number of hydrogen-bond donors (Lipinski definition) is 0. The summed E-state index contributed by atoms with van der Waals surface area (Å²) in [5.74, 6) is 0.127. The van der Waals surface area contributed by atoms with Gasteiger partial charge in [0.15, 0.2) is 5.69 Å². The summed E-state index contributed by atoms with van der Waals surface area (Å²) >= 11 is 0. The highest BCUT2D eigenvalue weighted by atomic mass is 19.1. The number of aromatic nitrogens is 3. The average Bonchev–Trinajstić information content (AvgIpc) is 3.30. The molecule has 138 valence electrons. The Morgan fingerprint density at radius 2 is 2.23 bits per heavy atom. The number of nitrogens with zero attached hydrogens (tertiary/aromatic N) is 4. The fourth-order valence-electron chi connectivity index (χ4n) is 3.59. The molecule has 2 aliphatic rings. The predicted octanol–water partition coefficient (Wildman–Crippen LogP) is 2.34. The molecule has 1 fully saturated rings. The third-order valence-corrected chi connectivity index (χ3v) is 5.03. The van der Waals surface area contributed by atoms with Crippen molar-refractivity contribution in [1.82, 2.24) is 20.0 Å². The van der Waals surface area contributed by atoms with Crippen LogP contribution in [0.15, 0.2) is 10.9 Å². The monoisotopic (exact) mass is 360 g/mol. The van der Waals surface area contributed by atoms with Crippen LogP contribution in [0, 0.1) is 5.82 Å². The third-order valence-electron chi connectivity index (χ3n) is 5.03. The van der Waals surface area contributed by atoms with Crippen LogP contribution in [0.4, 0.5) is 4.39 Å². The summed E-state index contributed by atoms with van der Waals surface area (Å²) in [7, 11) is 0. The standard InChI is InChI=1S/C18H21FN4O3/c1-2-13-15(19)17(21-10-20-13)25-11-7-8-23(9-11)18(24)16-12-5-3-4-6-14(12)26-22-16/h10-11H,2-9H2,1H3. The van der Waals surface area contributed by atoms with Crippen LogP contribution in [0.1, 0.15) is 53.7 Å². The molecule has 1 atom stereocenters. The molecule has 4 rings (SSSR count). The molecule has 1 amide bonds. The number of carbonyl (C=O) groups is 1. The first-order chi connectivity index (χ1) is 12.7. The number of amides is 1. The van der Waals surface area contributed by atoms with Gasteiger partial charge in [-0.1, -0.05) is 12.1 Å². The van der Waals surface area contributed by atoms with Crippen LogP contribution in [-0.2, 0) is 19.3 Å².